The molecule has 1 unspecified atom stereocenters. The number of sulfone groups is 1. The highest BCUT2D eigenvalue weighted by atomic mass is 32.2. The molecule has 0 radical (unpaired) electrons. The van der Waals surface area contributed by atoms with E-state index in [4.69, 9.17) is 0 Å². The van der Waals surface area contributed by atoms with Crippen LogP contribution in [0.2, 0.25) is 0 Å². The van der Waals surface area contributed by atoms with Gasteiger partial charge >= 0.3 is 5.97 Å². The van der Waals surface area contributed by atoms with Gasteiger partial charge in [0.25, 0.3) is 0 Å². The predicted octanol–water partition coefficient (Wildman–Crippen LogP) is 1.77. The molecule has 1 aromatic rings. The van der Waals surface area contributed by atoms with Gasteiger partial charge < -0.3 is 4.74 Å². The van der Waals surface area contributed by atoms with E-state index in [2.05, 4.69) is 4.74 Å². The molecule has 4 nitrogen and oxygen atoms in total. The van der Waals surface area contributed by atoms with Crippen LogP contribution in [0, 0.1) is 0 Å². The van der Waals surface area contributed by atoms with Gasteiger partial charge in [0.2, 0.25) is 0 Å². The molecule has 0 bridgehead atoms. The van der Waals surface area contributed by atoms with Gasteiger partial charge in [0.1, 0.15) is 0 Å². The normalized spacial score (nSPS) is 13.3. The van der Waals surface area contributed by atoms with Crippen LogP contribution in [-0.2, 0) is 19.4 Å². The number of methoxy groups -OCH3 is 1. The van der Waals surface area contributed by atoms with Crippen molar-refractivity contribution in [2.45, 2.75) is 25.0 Å². The number of carbonyl (C=O) groups is 1. The second-order valence-electron chi connectivity index (χ2n) is 4.36. The van der Waals surface area contributed by atoms with Crippen molar-refractivity contribution < 1.29 is 17.9 Å². The first-order valence-corrected chi connectivity index (χ1v) is 7.44. The van der Waals surface area contributed by atoms with Crippen LogP contribution in [0.15, 0.2) is 30.3 Å². The van der Waals surface area contributed by atoms with Gasteiger partial charge in [-0.2, -0.15) is 0 Å². The second-order valence-corrected chi connectivity index (χ2v) is 6.97. The summed E-state index contributed by atoms with van der Waals surface area (Å²) in [6, 6.07) is 8.82. The summed E-state index contributed by atoms with van der Waals surface area (Å²) in [5.41, 5.74) is 0.661. The molecule has 1 rings (SSSR count). The molecule has 0 amide bonds. The van der Waals surface area contributed by atoms with Gasteiger partial charge in [-0.15, -0.1) is 0 Å². The summed E-state index contributed by atoms with van der Waals surface area (Å²) in [7, 11) is -2.04. The highest BCUT2D eigenvalue weighted by Gasteiger charge is 2.29. The molecule has 18 heavy (non-hydrogen) atoms. The molecule has 1 aromatic carbocycles. The molecule has 0 aliphatic rings. The summed E-state index contributed by atoms with van der Waals surface area (Å²) in [5, 5.41) is -0.506. The standard InChI is InChI=1S/C13H18O4S/c1-10(2)18(15,16)9-12(13(14)17-3)11-7-5-4-6-8-11/h4-8,10,12H,9H2,1-3H3. The van der Waals surface area contributed by atoms with Crippen molar-refractivity contribution in [1.82, 2.24) is 0 Å². The Morgan fingerprint density at radius 3 is 2.22 bits per heavy atom. The van der Waals surface area contributed by atoms with Gasteiger partial charge in [0.15, 0.2) is 9.84 Å². The molecule has 0 spiro atoms. The van der Waals surface area contributed by atoms with E-state index in [0.717, 1.165) is 0 Å². The van der Waals surface area contributed by atoms with Crippen LogP contribution in [0.1, 0.15) is 25.3 Å². The fraction of sp³-hybridized carbons (Fsp3) is 0.462. The van der Waals surface area contributed by atoms with E-state index in [1.165, 1.54) is 7.11 Å². The molecular formula is C13H18O4S. The van der Waals surface area contributed by atoms with Crippen LogP contribution < -0.4 is 0 Å². The number of hydrogen-bond donors (Lipinski definition) is 0. The first-order valence-electron chi connectivity index (χ1n) is 5.73. The van der Waals surface area contributed by atoms with Gasteiger partial charge in [-0.1, -0.05) is 30.3 Å². The number of hydrogen-bond acceptors (Lipinski definition) is 4. The highest BCUT2D eigenvalue weighted by molar-refractivity contribution is 7.92. The molecule has 1 atom stereocenters. The van der Waals surface area contributed by atoms with Crippen LogP contribution in [0.4, 0.5) is 0 Å². The van der Waals surface area contributed by atoms with E-state index < -0.39 is 27.0 Å². The van der Waals surface area contributed by atoms with Crippen LogP contribution in [-0.4, -0.2) is 32.5 Å². The van der Waals surface area contributed by atoms with E-state index in [-0.39, 0.29) is 5.75 Å². The number of rotatable bonds is 5. The lowest BCUT2D eigenvalue weighted by molar-refractivity contribution is -0.141. The van der Waals surface area contributed by atoms with Crippen molar-refractivity contribution in [1.29, 1.82) is 0 Å². The topological polar surface area (TPSA) is 60.4 Å². The Bertz CT molecular complexity index is 491. The smallest absolute Gasteiger partial charge is 0.314 e. The van der Waals surface area contributed by atoms with Crippen LogP contribution in [0.5, 0.6) is 0 Å². The lowest BCUT2D eigenvalue weighted by atomic mass is 10.0. The summed E-state index contributed by atoms with van der Waals surface area (Å²) >= 11 is 0. The molecule has 0 N–H and O–H groups in total. The molecule has 0 saturated heterocycles. The fourth-order valence-electron chi connectivity index (χ4n) is 1.55. The third kappa shape index (κ3) is 3.57. The van der Waals surface area contributed by atoms with Crippen LogP contribution in [0.25, 0.3) is 0 Å². The second kappa shape index (κ2) is 6.00. The van der Waals surface area contributed by atoms with Gasteiger partial charge in [0, 0.05) is 0 Å². The Balaban J connectivity index is 3.06. The maximum absolute atomic E-state index is 11.9. The minimum Gasteiger partial charge on any atom is -0.469 e. The van der Waals surface area contributed by atoms with E-state index in [1.807, 2.05) is 6.07 Å². The van der Waals surface area contributed by atoms with Gasteiger partial charge in [-0.3, -0.25) is 4.79 Å². The number of esters is 1. The number of carbonyl (C=O) groups excluding carboxylic acids is 1. The quantitative estimate of drug-likeness (QED) is 0.765. The minimum atomic E-state index is -3.30. The van der Waals surface area contributed by atoms with E-state index in [1.54, 1.807) is 38.1 Å². The molecule has 0 aliphatic carbocycles. The Morgan fingerprint density at radius 2 is 1.78 bits per heavy atom. The maximum atomic E-state index is 11.9. The molecule has 0 heterocycles. The zero-order chi connectivity index (χ0) is 13.8. The number of benzene rings is 1. The average molecular weight is 270 g/mol. The van der Waals surface area contributed by atoms with Gasteiger partial charge in [0.05, 0.1) is 24.0 Å². The van der Waals surface area contributed by atoms with Crippen LogP contribution in [0.3, 0.4) is 0 Å². The van der Waals surface area contributed by atoms with Crippen molar-refractivity contribution >= 4 is 15.8 Å². The molecule has 100 valence electrons. The Hall–Kier alpha value is -1.36. The average Bonchev–Trinajstić information content (AvgIpc) is 2.36. The first kappa shape index (κ1) is 14.7. The fourth-order valence-corrected chi connectivity index (χ4v) is 2.73. The van der Waals surface area contributed by atoms with Crippen molar-refractivity contribution in [3.63, 3.8) is 0 Å². The SMILES string of the molecule is COC(=O)C(CS(=O)(=O)C(C)C)c1ccccc1. The highest BCUT2D eigenvalue weighted by Crippen LogP contribution is 2.21. The first-order chi connectivity index (χ1) is 8.38. The van der Waals surface area contributed by atoms with Crippen molar-refractivity contribution in [2.75, 3.05) is 12.9 Å². The number of ether oxygens (including phenoxy) is 1. The monoisotopic (exact) mass is 270 g/mol. The van der Waals surface area contributed by atoms with Crippen molar-refractivity contribution in [2.24, 2.45) is 0 Å². The van der Waals surface area contributed by atoms with Gasteiger partial charge in [-0.05, 0) is 19.4 Å². The molecule has 5 heteroatoms. The zero-order valence-corrected chi connectivity index (χ0v) is 11.6. The third-order valence-corrected chi connectivity index (χ3v) is 5.04. The van der Waals surface area contributed by atoms with Gasteiger partial charge in [-0.25, -0.2) is 8.42 Å². The summed E-state index contributed by atoms with van der Waals surface area (Å²) < 4.78 is 28.5. The van der Waals surface area contributed by atoms with E-state index in [9.17, 15) is 13.2 Å². The summed E-state index contributed by atoms with van der Waals surface area (Å²) in [6.45, 7) is 3.21. The van der Waals surface area contributed by atoms with Crippen molar-refractivity contribution in [3.05, 3.63) is 35.9 Å². The van der Waals surface area contributed by atoms with E-state index in [0.29, 0.717) is 5.56 Å². The maximum Gasteiger partial charge on any atom is 0.314 e. The Labute approximate surface area is 108 Å². The molecule has 0 aliphatic heterocycles. The molecule has 0 fully saturated rings. The largest absolute Gasteiger partial charge is 0.469 e. The van der Waals surface area contributed by atoms with E-state index >= 15 is 0 Å². The third-order valence-electron chi connectivity index (χ3n) is 2.80. The Morgan fingerprint density at radius 1 is 1.22 bits per heavy atom. The lowest BCUT2D eigenvalue weighted by Gasteiger charge is -2.16. The minimum absolute atomic E-state index is 0.221. The molecular weight excluding hydrogens is 252 g/mol. The van der Waals surface area contributed by atoms with Crippen molar-refractivity contribution in [3.8, 4) is 0 Å². The summed E-state index contributed by atoms with van der Waals surface area (Å²) in [4.78, 5) is 11.7. The molecule has 0 aromatic heterocycles. The Kier molecular flexibility index (Phi) is 4.90. The summed E-state index contributed by atoms with van der Waals surface area (Å²) in [6.07, 6.45) is 0. The summed E-state index contributed by atoms with van der Waals surface area (Å²) in [5.74, 6) is -1.50. The van der Waals surface area contributed by atoms with Crippen LogP contribution >= 0.6 is 0 Å². The lowest BCUT2D eigenvalue weighted by Crippen LogP contribution is -2.27. The zero-order valence-electron chi connectivity index (χ0n) is 10.8. The molecule has 0 saturated carbocycles. The predicted molar refractivity (Wildman–Crippen MR) is 70.1 cm³/mol.